The summed E-state index contributed by atoms with van der Waals surface area (Å²) in [4.78, 5) is 0. The largest absolute Gasteiger partial charge is 0.478 e. The van der Waals surface area contributed by atoms with Gasteiger partial charge in [-0.3, -0.25) is 0 Å². The van der Waals surface area contributed by atoms with Crippen LogP contribution in [0.2, 0.25) is 0 Å². The average Bonchev–Trinajstić information content (AvgIpc) is 2.60. The van der Waals surface area contributed by atoms with Crippen molar-refractivity contribution in [3.8, 4) is 5.75 Å². The van der Waals surface area contributed by atoms with Crippen LogP contribution < -0.4 is 4.74 Å². The first-order valence-electron chi connectivity index (χ1n) is 7.09. The Hall–Kier alpha value is -1.92. The maximum atomic E-state index is 13.6. The van der Waals surface area contributed by atoms with Crippen LogP contribution in [-0.2, 0) is 14.2 Å². The summed E-state index contributed by atoms with van der Waals surface area (Å²) in [5.74, 6) is -9.55. The van der Waals surface area contributed by atoms with Crippen molar-refractivity contribution in [1.82, 2.24) is 0 Å². The van der Waals surface area contributed by atoms with Gasteiger partial charge in [0.25, 0.3) is 0 Å². The Morgan fingerprint density at radius 2 is 1.41 bits per heavy atom. The summed E-state index contributed by atoms with van der Waals surface area (Å²) in [6.45, 7) is -1.69. The number of alkyl halides is 4. The minimum atomic E-state index is -4.17. The van der Waals surface area contributed by atoms with E-state index in [4.69, 9.17) is 0 Å². The topological polar surface area (TPSA) is 36.9 Å². The van der Waals surface area contributed by atoms with E-state index in [1.54, 1.807) is 0 Å². The number of methoxy groups -OCH3 is 1. The molecular weight excluding hydrogens is 396 g/mol. The van der Waals surface area contributed by atoms with Crippen LogP contribution in [0, 0.1) is 23.3 Å². The summed E-state index contributed by atoms with van der Waals surface area (Å²) >= 11 is 0. The molecule has 0 aliphatic heterocycles. The maximum Gasteiger partial charge on any atom is 0.389 e. The lowest BCUT2D eigenvalue weighted by Gasteiger charge is -2.19. The predicted molar refractivity (Wildman–Crippen MR) is 75.5 cm³/mol. The second-order valence-electron chi connectivity index (χ2n) is 4.87. The number of halogens is 8. The molecule has 0 unspecified atom stereocenters. The highest BCUT2D eigenvalue weighted by molar-refractivity contribution is 5.51. The minimum absolute atomic E-state index is 0.491. The normalized spacial score (nSPS) is 12.3. The molecule has 4 nitrogen and oxygen atoms in total. The summed E-state index contributed by atoms with van der Waals surface area (Å²) in [7, 11) is 0.705. The zero-order valence-electron chi connectivity index (χ0n) is 13.8. The molecule has 0 spiro atoms. The quantitative estimate of drug-likeness (QED) is 0.312. The average molecular weight is 410 g/mol. The third kappa shape index (κ3) is 6.33. The van der Waals surface area contributed by atoms with E-state index >= 15 is 0 Å². The Kier molecular flexibility index (Phi) is 7.99. The van der Waals surface area contributed by atoms with Crippen molar-refractivity contribution in [3.05, 3.63) is 35.4 Å². The number of hydrogen-bond donors (Lipinski definition) is 0. The van der Waals surface area contributed by atoms with Crippen LogP contribution >= 0.6 is 0 Å². The van der Waals surface area contributed by atoms with Gasteiger partial charge in [-0.1, -0.05) is 12.7 Å². The molecule has 0 N–H and O–H groups in total. The number of rotatable bonds is 11. The van der Waals surface area contributed by atoms with E-state index in [1.807, 2.05) is 0 Å². The third-order valence-electron chi connectivity index (χ3n) is 2.96. The molecule has 0 aliphatic carbocycles. The summed E-state index contributed by atoms with van der Waals surface area (Å²) < 4.78 is 122. The zero-order valence-corrected chi connectivity index (χ0v) is 13.8. The lowest BCUT2D eigenvalue weighted by molar-refractivity contribution is -0.270. The van der Waals surface area contributed by atoms with Crippen LogP contribution in [0.3, 0.4) is 0 Å². The van der Waals surface area contributed by atoms with E-state index < -0.39 is 73.2 Å². The van der Waals surface area contributed by atoms with Crippen molar-refractivity contribution >= 4 is 6.08 Å². The van der Waals surface area contributed by atoms with Gasteiger partial charge >= 0.3 is 12.2 Å². The van der Waals surface area contributed by atoms with Gasteiger partial charge in [0, 0.05) is 7.11 Å². The maximum absolute atomic E-state index is 13.6. The highest BCUT2D eigenvalue weighted by Gasteiger charge is 2.34. The Labute approximate surface area is 148 Å². The Bertz CT molecular complexity index is 637. The molecule has 0 heterocycles. The molecule has 0 amide bonds. The molecule has 27 heavy (non-hydrogen) atoms. The molecule has 0 atom stereocenters. The number of hydrogen-bond acceptors (Lipinski definition) is 4. The highest BCUT2D eigenvalue weighted by Crippen LogP contribution is 2.31. The predicted octanol–water partition coefficient (Wildman–Crippen LogP) is 4.13. The van der Waals surface area contributed by atoms with Crippen LogP contribution in [0.4, 0.5) is 35.1 Å². The van der Waals surface area contributed by atoms with Crippen molar-refractivity contribution in [2.75, 3.05) is 33.5 Å². The standard InChI is InChI=1S/C15H14F8O4/c1-3-8-9(16)11(18)13(12(19)10(8)17)26-7-15(22,23)27-5-4-25-6-14(20,21)24-2/h3H,1,4-7H2,2H3. The van der Waals surface area contributed by atoms with Crippen LogP contribution in [0.25, 0.3) is 6.08 Å². The molecule has 154 valence electrons. The first kappa shape index (κ1) is 23.1. The van der Waals surface area contributed by atoms with Gasteiger partial charge in [-0.2, -0.15) is 26.3 Å². The molecule has 1 aromatic rings. The van der Waals surface area contributed by atoms with Crippen LogP contribution in [0.1, 0.15) is 5.56 Å². The fourth-order valence-corrected chi connectivity index (χ4v) is 1.63. The molecule has 0 fully saturated rings. The zero-order chi connectivity index (χ0) is 20.8. The Morgan fingerprint density at radius 1 is 0.852 bits per heavy atom. The van der Waals surface area contributed by atoms with Gasteiger partial charge in [-0.15, -0.1) is 0 Å². The summed E-state index contributed by atoms with van der Waals surface area (Å²) in [5, 5.41) is 0. The second kappa shape index (κ2) is 9.33. The van der Waals surface area contributed by atoms with Crippen molar-refractivity contribution in [1.29, 1.82) is 0 Å². The molecule has 0 aromatic heterocycles. The van der Waals surface area contributed by atoms with Crippen molar-refractivity contribution < 1.29 is 54.1 Å². The van der Waals surface area contributed by atoms with E-state index in [1.165, 1.54) is 0 Å². The lowest BCUT2D eigenvalue weighted by Crippen LogP contribution is -2.32. The smallest absolute Gasteiger partial charge is 0.389 e. The summed E-state index contributed by atoms with van der Waals surface area (Å²) in [6, 6.07) is 0. The van der Waals surface area contributed by atoms with E-state index in [9.17, 15) is 35.1 Å². The van der Waals surface area contributed by atoms with E-state index in [0.29, 0.717) is 13.2 Å². The highest BCUT2D eigenvalue weighted by atomic mass is 19.3. The lowest BCUT2D eigenvalue weighted by atomic mass is 10.1. The molecule has 12 heteroatoms. The minimum Gasteiger partial charge on any atom is -0.478 e. The second-order valence-corrected chi connectivity index (χ2v) is 4.87. The molecule has 0 radical (unpaired) electrons. The molecule has 0 saturated heterocycles. The van der Waals surface area contributed by atoms with Crippen molar-refractivity contribution in [2.45, 2.75) is 12.2 Å². The Morgan fingerprint density at radius 3 is 1.89 bits per heavy atom. The molecule has 1 aromatic carbocycles. The number of benzene rings is 1. The SMILES string of the molecule is C=Cc1c(F)c(F)c(OCC(F)(F)OCCOCC(F)(F)OC)c(F)c1F. The van der Waals surface area contributed by atoms with Gasteiger partial charge in [0.15, 0.2) is 24.0 Å². The Balaban J connectivity index is 2.63. The molecule has 0 bridgehead atoms. The van der Waals surface area contributed by atoms with Gasteiger partial charge in [0.1, 0.15) is 6.61 Å². The fraction of sp³-hybridized carbons (Fsp3) is 0.467. The van der Waals surface area contributed by atoms with Gasteiger partial charge < -0.3 is 18.9 Å². The molecule has 0 aliphatic rings. The van der Waals surface area contributed by atoms with Crippen LogP contribution in [0.15, 0.2) is 6.58 Å². The fourth-order valence-electron chi connectivity index (χ4n) is 1.63. The van der Waals surface area contributed by atoms with Crippen molar-refractivity contribution in [3.63, 3.8) is 0 Å². The van der Waals surface area contributed by atoms with E-state index in [2.05, 4.69) is 25.5 Å². The third-order valence-corrected chi connectivity index (χ3v) is 2.96. The molecular formula is C15H14F8O4. The first-order chi connectivity index (χ1) is 12.5. The first-order valence-corrected chi connectivity index (χ1v) is 7.09. The van der Waals surface area contributed by atoms with E-state index in [0.717, 1.165) is 0 Å². The number of ether oxygens (including phenoxy) is 4. The van der Waals surface area contributed by atoms with Gasteiger partial charge in [-0.05, 0) is 0 Å². The summed E-state index contributed by atoms with van der Waals surface area (Å²) in [5.41, 5.74) is -1.13. The van der Waals surface area contributed by atoms with Crippen LogP contribution in [0.5, 0.6) is 5.75 Å². The molecule has 0 saturated carbocycles. The monoisotopic (exact) mass is 410 g/mol. The van der Waals surface area contributed by atoms with Gasteiger partial charge in [-0.25, -0.2) is 8.78 Å². The summed E-state index contributed by atoms with van der Waals surface area (Å²) in [6.07, 6.45) is -7.30. The van der Waals surface area contributed by atoms with E-state index in [-0.39, 0.29) is 0 Å². The molecule has 1 rings (SSSR count). The van der Waals surface area contributed by atoms with Gasteiger partial charge in [0.05, 0.1) is 18.8 Å². The van der Waals surface area contributed by atoms with Crippen molar-refractivity contribution in [2.24, 2.45) is 0 Å². The van der Waals surface area contributed by atoms with Crippen LogP contribution in [-0.4, -0.2) is 45.8 Å². The van der Waals surface area contributed by atoms with Gasteiger partial charge in [0.2, 0.25) is 11.6 Å².